The molecule has 1 saturated heterocycles. The Morgan fingerprint density at radius 3 is 2.57 bits per heavy atom. The van der Waals surface area contributed by atoms with Crippen molar-refractivity contribution in [1.82, 2.24) is 4.31 Å². The van der Waals surface area contributed by atoms with E-state index in [4.69, 9.17) is 27.9 Å². The topological polar surface area (TPSA) is 75.7 Å². The van der Waals surface area contributed by atoms with E-state index in [2.05, 4.69) is 5.32 Å². The molecule has 0 radical (unpaired) electrons. The molecule has 1 aliphatic heterocycles. The molecule has 0 aliphatic carbocycles. The van der Waals surface area contributed by atoms with Crippen molar-refractivity contribution in [2.75, 3.05) is 18.5 Å². The highest BCUT2D eigenvalue weighted by atomic mass is 35.5. The van der Waals surface area contributed by atoms with Crippen LogP contribution in [0, 0.1) is 0 Å². The van der Waals surface area contributed by atoms with Crippen LogP contribution in [-0.2, 0) is 14.8 Å². The number of hydrogen-bond donors (Lipinski definition) is 1. The van der Waals surface area contributed by atoms with Crippen LogP contribution in [0.3, 0.4) is 0 Å². The van der Waals surface area contributed by atoms with Crippen molar-refractivity contribution >= 4 is 44.8 Å². The maximum absolute atomic E-state index is 13.0. The van der Waals surface area contributed by atoms with E-state index in [1.165, 1.54) is 18.2 Å². The van der Waals surface area contributed by atoms with Crippen molar-refractivity contribution in [3.8, 4) is 5.75 Å². The lowest BCUT2D eigenvalue weighted by Crippen LogP contribution is -2.43. The quantitative estimate of drug-likeness (QED) is 0.619. The van der Waals surface area contributed by atoms with E-state index in [9.17, 15) is 13.2 Å². The van der Waals surface area contributed by atoms with Crippen LogP contribution in [-0.4, -0.2) is 37.8 Å². The van der Waals surface area contributed by atoms with Gasteiger partial charge in [-0.1, -0.05) is 36.5 Å². The molecule has 1 aliphatic rings. The molecule has 2 aromatic rings. The molecular formula is C21H24Cl2N2O4S. The summed E-state index contributed by atoms with van der Waals surface area (Å²) in [7, 11) is -3.55. The summed E-state index contributed by atoms with van der Waals surface area (Å²) in [5.41, 5.74) is 0.482. The van der Waals surface area contributed by atoms with Crippen LogP contribution in [0.5, 0.6) is 5.75 Å². The summed E-state index contributed by atoms with van der Waals surface area (Å²) in [6.07, 6.45) is 3.62. The molecule has 1 heterocycles. The first-order valence-corrected chi connectivity index (χ1v) is 12.0. The lowest BCUT2D eigenvalue weighted by Gasteiger charge is -2.34. The van der Waals surface area contributed by atoms with Gasteiger partial charge in [-0.2, -0.15) is 4.31 Å². The normalized spacial score (nSPS) is 17.5. The average Bonchev–Trinajstić information content (AvgIpc) is 2.73. The molecule has 0 saturated carbocycles. The van der Waals surface area contributed by atoms with E-state index >= 15 is 0 Å². The van der Waals surface area contributed by atoms with Gasteiger partial charge in [-0.05, 0) is 61.7 Å². The standard InChI is InChI=1S/C21H24Cl2N2O4S/c1-2-17-5-3-4-12-25(17)30(27,28)18-9-7-16(8-10-18)24-21(26)14-29-20-11-6-15(22)13-19(20)23/h6-11,13,17H,2-5,12,14H2,1H3,(H,24,26). The maximum Gasteiger partial charge on any atom is 0.262 e. The van der Waals surface area contributed by atoms with Crippen LogP contribution in [0.25, 0.3) is 0 Å². The molecule has 9 heteroatoms. The molecule has 162 valence electrons. The van der Waals surface area contributed by atoms with Crippen LogP contribution in [0.4, 0.5) is 5.69 Å². The zero-order valence-corrected chi connectivity index (χ0v) is 18.9. The first-order chi connectivity index (χ1) is 14.3. The second kappa shape index (κ2) is 10.0. The zero-order valence-electron chi connectivity index (χ0n) is 16.6. The van der Waals surface area contributed by atoms with E-state index in [1.54, 1.807) is 28.6 Å². The van der Waals surface area contributed by atoms with Gasteiger partial charge in [-0.15, -0.1) is 0 Å². The van der Waals surface area contributed by atoms with Crippen LogP contribution in [0.1, 0.15) is 32.6 Å². The van der Waals surface area contributed by atoms with Gasteiger partial charge in [0.05, 0.1) is 9.92 Å². The van der Waals surface area contributed by atoms with Crippen LogP contribution >= 0.6 is 23.2 Å². The molecule has 6 nitrogen and oxygen atoms in total. The second-order valence-electron chi connectivity index (χ2n) is 7.11. The van der Waals surface area contributed by atoms with Gasteiger partial charge in [0.25, 0.3) is 5.91 Å². The Morgan fingerprint density at radius 1 is 1.17 bits per heavy atom. The van der Waals surface area contributed by atoms with Gasteiger partial charge in [-0.25, -0.2) is 8.42 Å². The Kier molecular flexibility index (Phi) is 7.63. The third-order valence-corrected chi connectivity index (χ3v) is 7.54. The Bertz CT molecular complexity index is 997. The van der Waals surface area contributed by atoms with E-state index in [-0.39, 0.29) is 17.5 Å². The number of sulfonamides is 1. The number of rotatable bonds is 7. The van der Waals surface area contributed by atoms with Crippen molar-refractivity contribution in [3.05, 3.63) is 52.5 Å². The molecule has 2 aromatic carbocycles. The van der Waals surface area contributed by atoms with Crippen LogP contribution in [0.2, 0.25) is 10.0 Å². The number of hydrogen-bond acceptors (Lipinski definition) is 4. The number of carbonyl (C=O) groups excluding carboxylic acids is 1. The Morgan fingerprint density at radius 2 is 1.90 bits per heavy atom. The summed E-state index contributed by atoms with van der Waals surface area (Å²) in [4.78, 5) is 12.4. The number of piperidine rings is 1. The molecular weight excluding hydrogens is 447 g/mol. The monoisotopic (exact) mass is 470 g/mol. The number of nitrogens with zero attached hydrogens (tertiary/aromatic N) is 1. The molecule has 1 fully saturated rings. The highest BCUT2D eigenvalue weighted by Gasteiger charge is 2.32. The smallest absolute Gasteiger partial charge is 0.262 e. The summed E-state index contributed by atoms with van der Waals surface area (Å²) in [5.74, 6) is -0.0385. The lowest BCUT2D eigenvalue weighted by molar-refractivity contribution is -0.118. The van der Waals surface area contributed by atoms with E-state index in [0.717, 1.165) is 25.7 Å². The van der Waals surface area contributed by atoms with Gasteiger partial charge in [0.15, 0.2) is 6.61 Å². The first-order valence-electron chi connectivity index (χ1n) is 9.81. The lowest BCUT2D eigenvalue weighted by atomic mass is 10.0. The number of amides is 1. The number of benzene rings is 2. The predicted octanol–water partition coefficient (Wildman–Crippen LogP) is 4.96. The van der Waals surface area contributed by atoms with Crippen molar-refractivity contribution < 1.29 is 17.9 Å². The number of carbonyl (C=O) groups is 1. The van der Waals surface area contributed by atoms with E-state index < -0.39 is 15.9 Å². The highest BCUT2D eigenvalue weighted by molar-refractivity contribution is 7.89. The van der Waals surface area contributed by atoms with Gasteiger partial charge >= 0.3 is 0 Å². The third kappa shape index (κ3) is 5.46. The van der Waals surface area contributed by atoms with Crippen LogP contribution in [0.15, 0.2) is 47.4 Å². The summed E-state index contributed by atoms with van der Waals surface area (Å²) >= 11 is 11.8. The largest absolute Gasteiger partial charge is 0.482 e. The number of nitrogens with one attached hydrogen (secondary N) is 1. The molecule has 0 spiro atoms. The second-order valence-corrected chi connectivity index (χ2v) is 9.84. The van der Waals surface area contributed by atoms with Crippen molar-refractivity contribution in [3.63, 3.8) is 0 Å². The minimum absolute atomic E-state index is 0.0416. The Hall–Kier alpha value is -1.80. The van der Waals surface area contributed by atoms with Crippen molar-refractivity contribution in [1.29, 1.82) is 0 Å². The zero-order chi connectivity index (χ0) is 21.7. The van der Waals surface area contributed by atoms with Crippen LogP contribution < -0.4 is 10.1 Å². The molecule has 1 N–H and O–H groups in total. The molecule has 1 unspecified atom stereocenters. The maximum atomic E-state index is 13.0. The van der Waals surface area contributed by atoms with Gasteiger partial charge in [0.1, 0.15) is 5.75 Å². The van der Waals surface area contributed by atoms with Gasteiger partial charge in [-0.3, -0.25) is 4.79 Å². The molecule has 0 aromatic heterocycles. The number of ether oxygens (including phenoxy) is 1. The number of anilines is 1. The van der Waals surface area contributed by atoms with Crippen molar-refractivity contribution in [2.45, 2.75) is 43.5 Å². The first kappa shape index (κ1) is 22.9. The SMILES string of the molecule is CCC1CCCCN1S(=O)(=O)c1ccc(NC(=O)COc2ccc(Cl)cc2Cl)cc1. The third-order valence-electron chi connectivity index (χ3n) is 5.04. The molecule has 1 atom stereocenters. The van der Waals surface area contributed by atoms with Gasteiger partial charge < -0.3 is 10.1 Å². The fraction of sp³-hybridized carbons (Fsp3) is 0.381. The molecule has 30 heavy (non-hydrogen) atoms. The Labute approximate surface area is 187 Å². The Balaban J connectivity index is 1.61. The summed E-state index contributed by atoms with van der Waals surface area (Å²) in [6, 6.07) is 11.0. The fourth-order valence-electron chi connectivity index (χ4n) is 3.48. The summed E-state index contributed by atoms with van der Waals surface area (Å²) in [6.45, 7) is 2.31. The summed E-state index contributed by atoms with van der Waals surface area (Å²) in [5, 5.41) is 3.47. The number of halogens is 2. The molecule has 1 amide bonds. The van der Waals surface area contributed by atoms with E-state index in [1.807, 2.05) is 6.92 Å². The predicted molar refractivity (Wildman–Crippen MR) is 119 cm³/mol. The average molecular weight is 471 g/mol. The minimum Gasteiger partial charge on any atom is -0.482 e. The van der Waals surface area contributed by atoms with Crippen molar-refractivity contribution in [2.24, 2.45) is 0 Å². The molecule has 0 bridgehead atoms. The fourth-order valence-corrected chi connectivity index (χ4v) is 5.71. The van der Waals surface area contributed by atoms with E-state index in [0.29, 0.717) is 28.0 Å². The minimum atomic E-state index is -3.55. The highest BCUT2D eigenvalue weighted by Crippen LogP contribution is 2.28. The van der Waals surface area contributed by atoms with Gasteiger partial charge in [0.2, 0.25) is 10.0 Å². The van der Waals surface area contributed by atoms with Gasteiger partial charge in [0, 0.05) is 23.3 Å². The summed E-state index contributed by atoms with van der Waals surface area (Å²) < 4.78 is 33.0. The molecule has 3 rings (SSSR count).